The summed E-state index contributed by atoms with van der Waals surface area (Å²) in [5.41, 5.74) is 8.78. The Morgan fingerprint density at radius 2 is 1.95 bits per heavy atom. The van der Waals surface area contributed by atoms with Gasteiger partial charge >= 0.3 is 0 Å². The molecule has 6 heteroatoms. The average molecular weight is 314 g/mol. The molecule has 0 spiro atoms. The van der Waals surface area contributed by atoms with Gasteiger partial charge in [-0.1, -0.05) is 47.1 Å². The van der Waals surface area contributed by atoms with Crippen LogP contribution < -0.4 is 11.1 Å². The summed E-state index contributed by atoms with van der Waals surface area (Å²) < 4.78 is 1.81. The highest BCUT2D eigenvalue weighted by Crippen LogP contribution is 2.23. The van der Waals surface area contributed by atoms with E-state index < -0.39 is 0 Å². The molecule has 3 aromatic rings. The van der Waals surface area contributed by atoms with Crippen LogP contribution in [0.25, 0.3) is 0 Å². The van der Waals surface area contributed by atoms with Crippen molar-refractivity contribution in [2.45, 2.75) is 13.1 Å². The van der Waals surface area contributed by atoms with Crippen LogP contribution in [0.3, 0.4) is 0 Å². The van der Waals surface area contributed by atoms with E-state index in [9.17, 15) is 0 Å². The number of nitrogens with zero attached hydrogens (tertiary/aromatic N) is 3. The Balaban J connectivity index is 1.84. The molecule has 1 heterocycles. The summed E-state index contributed by atoms with van der Waals surface area (Å²) in [6.45, 7) is 1.05. The van der Waals surface area contributed by atoms with Crippen molar-refractivity contribution in [3.05, 3.63) is 70.9 Å². The molecular weight excluding hydrogens is 298 g/mol. The van der Waals surface area contributed by atoms with E-state index in [0.717, 1.165) is 22.6 Å². The molecule has 2 aromatic carbocycles. The molecule has 0 saturated carbocycles. The SMILES string of the molecule is NCc1cc(Cl)ccc1Nc1cnnn1Cc1ccccc1. The van der Waals surface area contributed by atoms with Crippen molar-refractivity contribution in [1.29, 1.82) is 0 Å². The lowest BCUT2D eigenvalue weighted by Gasteiger charge is -2.12. The van der Waals surface area contributed by atoms with E-state index >= 15 is 0 Å². The smallest absolute Gasteiger partial charge is 0.149 e. The van der Waals surface area contributed by atoms with Crippen LogP contribution in [0, 0.1) is 0 Å². The maximum atomic E-state index is 6.00. The molecule has 3 rings (SSSR count). The molecule has 0 atom stereocenters. The van der Waals surface area contributed by atoms with Crippen LogP contribution in [0.2, 0.25) is 5.02 Å². The third-order valence-electron chi connectivity index (χ3n) is 3.34. The molecule has 112 valence electrons. The molecule has 0 saturated heterocycles. The van der Waals surface area contributed by atoms with Crippen molar-refractivity contribution >= 4 is 23.1 Å². The standard InChI is InChI=1S/C16H16ClN5/c17-14-6-7-15(13(8-14)9-18)20-16-10-19-21-22(16)11-12-4-2-1-3-5-12/h1-8,10,20H,9,11,18H2. The molecule has 0 aliphatic carbocycles. The number of hydrogen-bond donors (Lipinski definition) is 2. The van der Waals surface area contributed by atoms with Gasteiger partial charge in [-0.25, -0.2) is 4.68 Å². The summed E-state index contributed by atoms with van der Waals surface area (Å²) in [5.74, 6) is 0.806. The van der Waals surface area contributed by atoms with Crippen LogP contribution in [0.5, 0.6) is 0 Å². The average Bonchev–Trinajstić information content (AvgIpc) is 2.97. The van der Waals surface area contributed by atoms with E-state index in [0.29, 0.717) is 18.1 Å². The zero-order valence-electron chi connectivity index (χ0n) is 11.9. The largest absolute Gasteiger partial charge is 0.339 e. The summed E-state index contributed by atoms with van der Waals surface area (Å²) in [6, 6.07) is 15.7. The zero-order valence-corrected chi connectivity index (χ0v) is 12.7. The van der Waals surface area contributed by atoms with Crippen molar-refractivity contribution in [3.8, 4) is 0 Å². The predicted octanol–water partition coefficient (Wildman–Crippen LogP) is 3.18. The van der Waals surface area contributed by atoms with Gasteiger partial charge in [0.1, 0.15) is 5.82 Å². The fourth-order valence-electron chi connectivity index (χ4n) is 2.22. The fraction of sp³-hybridized carbons (Fsp3) is 0.125. The van der Waals surface area contributed by atoms with Crippen LogP contribution in [0.15, 0.2) is 54.7 Å². The van der Waals surface area contributed by atoms with Gasteiger partial charge in [-0.3, -0.25) is 0 Å². The number of aromatic nitrogens is 3. The maximum absolute atomic E-state index is 6.00. The van der Waals surface area contributed by atoms with Crippen molar-refractivity contribution in [2.75, 3.05) is 5.32 Å². The lowest BCUT2D eigenvalue weighted by atomic mass is 10.2. The van der Waals surface area contributed by atoms with Crippen LogP contribution in [0.4, 0.5) is 11.5 Å². The van der Waals surface area contributed by atoms with Crippen LogP contribution in [-0.2, 0) is 13.1 Å². The summed E-state index contributed by atoms with van der Waals surface area (Å²) in [5, 5.41) is 12.1. The van der Waals surface area contributed by atoms with Crippen LogP contribution in [-0.4, -0.2) is 15.0 Å². The van der Waals surface area contributed by atoms with Gasteiger partial charge in [-0.05, 0) is 29.3 Å². The molecule has 22 heavy (non-hydrogen) atoms. The highest BCUT2D eigenvalue weighted by Gasteiger charge is 2.08. The minimum absolute atomic E-state index is 0.406. The molecule has 0 radical (unpaired) electrons. The third-order valence-corrected chi connectivity index (χ3v) is 3.58. The van der Waals surface area contributed by atoms with Gasteiger partial charge < -0.3 is 11.1 Å². The Labute approximate surface area is 133 Å². The van der Waals surface area contributed by atoms with E-state index in [4.69, 9.17) is 17.3 Å². The monoisotopic (exact) mass is 313 g/mol. The lowest BCUT2D eigenvalue weighted by Crippen LogP contribution is -2.08. The van der Waals surface area contributed by atoms with E-state index in [2.05, 4.69) is 27.8 Å². The lowest BCUT2D eigenvalue weighted by molar-refractivity contribution is 0.656. The van der Waals surface area contributed by atoms with Crippen molar-refractivity contribution < 1.29 is 0 Å². The van der Waals surface area contributed by atoms with Gasteiger partial charge in [-0.2, -0.15) is 0 Å². The van der Waals surface area contributed by atoms with Gasteiger partial charge in [0.05, 0.1) is 12.7 Å². The zero-order chi connectivity index (χ0) is 15.4. The number of halogens is 1. The number of anilines is 2. The van der Waals surface area contributed by atoms with Gasteiger partial charge in [0.25, 0.3) is 0 Å². The molecular formula is C16H16ClN5. The van der Waals surface area contributed by atoms with Crippen molar-refractivity contribution in [1.82, 2.24) is 15.0 Å². The first-order valence-electron chi connectivity index (χ1n) is 6.94. The highest BCUT2D eigenvalue weighted by atomic mass is 35.5. The van der Waals surface area contributed by atoms with E-state index in [-0.39, 0.29) is 0 Å². The first kappa shape index (κ1) is 14.6. The normalized spacial score (nSPS) is 10.6. The molecule has 0 aliphatic heterocycles. The molecule has 0 bridgehead atoms. The predicted molar refractivity (Wildman–Crippen MR) is 88.2 cm³/mol. The van der Waals surface area contributed by atoms with E-state index in [1.165, 1.54) is 0 Å². The third kappa shape index (κ3) is 3.27. The minimum Gasteiger partial charge on any atom is -0.339 e. The Hall–Kier alpha value is -2.37. The Morgan fingerprint density at radius 1 is 1.14 bits per heavy atom. The maximum Gasteiger partial charge on any atom is 0.149 e. The molecule has 1 aromatic heterocycles. The first-order valence-corrected chi connectivity index (χ1v) is 7.32. The van der Waals surface area contributed by atoms with Crippen LogP contribution >= 0.6 is 11.6 Å². The number of nitrogens with two attached hydrogens (primary N) is 1. The quantitative estimate of drug-likeness (QED) is 0.759. The van der Waals surface area contributed by atoms with E-state index in [1.54, 1.807) is 6.20 Å². The van der Waals surface area contributed by atoms with Gasteiger partial charge in [0, 0.05) is 17.3 Å². The second-order valence-electron chi connectivity index (χ2n) is 4.89. The highest BCUT2D eigenvalue weighted by molar-refractivity contribution is 6.30. The summed E-state index contributed by atoms with van der Waals surface area (Å²) in [4.78, 5) is 0. The molecule has 0 fully saturated rings. The summed E-state index contributed by atoms with van der Waals surface area (Å²) in [7, 11) is 0. The van der Waals surface area contributed by atoms with Crippen LogP contribution in [0.1, 0.15) is 11.1 Å². The summed E-state index contributed by atoms with van der Waals surface area (Å²) >= 11 is 6.00. The van der Waals surface area contributed by atoms with Crippen molar-refractivity contribution in [2.24, 2.45) is 5.73 Å². The second-order valence-corrected chi connectivity index (χ2v) is 5.33. The summed E-state index contributed by atoms with van der Waals surface area (Å²) in [6.07, 6.45) is 1.69. The first-order chi connectivity index (χ1) is 10.8. The number of nitrogens with one attached hydrogen (secondary N) is 1. The number of rotatable bonds is 5. The second kappa shape index (κ2) is 6.60. The molecule has 0 unspecified atom stereocenters. The molecule has 5 nitrogen and oxygen atoms in total. The fourth-order valence-corrected chi connectivity index (χ4v) is 2.41. The molecule has 0 amide bonds. The van der Waals surface area contributed by atoms with E-state index in [1.807, 2.05) is 41.1 Å². The van der Waals surface area contributed by atoms with Crippen molar-refractivity contribution in [3.63, 3.8) is 0 Å². The minimum atomic E-state index is 0.406. The Kier molecular flexibility index (Phi) is 4.37. The van der Waals surface area contributed by atoms with Gasteiger partial charge in [0.2, 0.25) is 0 Å². The number of hydrogen-bond acceptors (Lipinski definition) is 4. The Bertz CT molecular complexity index is 754. The molecule has 3 N–H and O–H groups in total. The Morgan fingerprint density at radius 3 is 2.73 bits per heavy atom. The molecule has 0 aliphatic rings. The topological polar surface area (TPSA) is 68.8 Å². The number of benzene rings is 2. The van der Waals surface area contributed by atoms with Gasteiger partial charge in [-0.15, -0.1) is 5.10 Å². The van der Waals surface area contributed by atoms with Gasteiger partial charge in [0.15, 0.2) is 0 Å².